The molecule has 20 heavy (non-hydrogen) atoms. The molecular weight excluding hydrogens is 252 g/mol. The molecule has 0 aromatic carbocycles. The summed E-state index contributed by atoms with van der Waals surface area (Å²) < 4.78 is 18.1. The third kappa shape index (κ3) is 2.65. The van der Waals surface area contributed by atoms with Crippen molar-refractivity contribution in [2.45, 2.75) is 96.2 Å². The summed E-state index contributed by atoms with van der Waals surface area (Å²) in [5, 5.41) is 0. The number of epoxide rings is 2. The zero-order valence-electron chi connectivity index (χ0n) is 13.7. The van der Waals surface area contributed by atoms with Crippen molar-refractivity contribution in [3.63, 3.8) is 0 Å². The van der Waals surface area contributed by atoms with E-state index in [0.29, 0.717) is 17.6 Å². The Kier molecular flexibility index (Phi) is 3.47. The van der Waals surface area contributed by atoms with Crippen LogP contribution >= 0.6 is 0 Å². The van der Waals surface area contributed by atoms with Crippen LogP contribution in [0.4, 0.5) is 0 Å². The van der Waals surface area contributed by atoms with Crippen LogP contribution in [0.15, 0.2) is 0 Å². The summed E-state index contributed by atoms with van der Waals surface area (Å²) in [5.41, 5.74) is 0.390. The Hall–Kier alpha value is -0.120. The molecule has 116 valence electrons. The van der Waals surface area contributed by atoms with Crippen LogP contribution < -0.4 is 0 Å². The van der Waals surface area contributed by atoms with E-state index >= 15 is 0 Å². The summed E-state index contributed by atoms with van der Waals surface area (Å²) in [6.07, 6.45) is 6.75. The van der Waals surface area contributed by atoms with Gasteiger partial charge in [0.2, 0.25) is 0 Å². The van der Waals surface area contributed by atoms with Gasteiger partial charge in [0, 0.05) is 0 Å². The summed E-state index contributed by atoms with van der Waals surface area (Å²) in [7, 11) is 0. The summed E-state index contributed by atoms with van der Waals surface area (Å²) in [4.78, 5) is 0. The third-order valence-electron chi connectivity index (χ3n) is 5.45. The van der Waals surface area contributed by atoms with Crippen LogP contribution in [0.5, 0.6) is 0 Å². The molecule has 3 aliphatic rings. The van der Waals surface area contributed by atoms with E-state index in [1.165, 1.54) is 12.8 Å². The largest absolute Gasteiger partial charge is 0.372 e. The SMILES string of the molecule is CCCCC1(COC2CC(C)(C)CC3(C)OC23)OC1C. The van der Waals surface area contributed by atoms with Gasteiger partial charge in [-0.25, -0.2) is 0 Å². The molecule has 0 aromatic heterocycles. The van der Waals surface area contributed by atoms with Gasteiger partial charge in [-0.2, -0.15) is 0 Å². The molecule has 0 bridgehead atoms. The molecule has 3 heteroatoms. The first-order valence-electron chi connectivity index (χ1n) is 8.28. The summed E-state index contributed by atoms with van der Waals surface area (Å²) in [5.74, 6) is 0. The van der Waals surface area contributed by atoms with Crippen LogP contribution in [0.2, 0.25) is 0 Å². The molecule has 0 amide bonds. The molecule has 1 saturated carbocycles. The van der Waals surface area contributed by atoms with Crippen molar-refractivity contribution < 1.29 is 14.2 Å². The average Bonchev–Trinajstić information content (AvgIpc) is 3.19. The Morgan fingerprint density at radius 2 is 1.90 bits per heavy atom. The zero-order chi connectivity index (χ0) is 14.6. The van der Waals surface area contributed by atoms with Gasteiger partial charge in [0.15, 0.2) is 0 Å². The number of ether oxygens (including phenoxy) is 3. The predicted octanol–water partition coefficient (Wildman–Crippen LogP) is 3.70. The molecule has 0 radical (unpaired) electrons. The Morgan fingerprint density at radius 3 is 2.50 bits per heavy atom. The van der Waals surface area contributed by atoms with E-state index in [4.69, 9.17) is 14.2 Å². The third-order valence-corrected chi connectivity index (χ3v) is 5.45. The molecule has 5 atom stereocenters. The van der Waals surface area contributed by atoms with Crippen LogP contribution in [0.25, 0.3) is 0 Å². The number of fused-ring (bicyclic) bond motifs is 1. The van der Waals surface area contributed by atoms with Crippen molar-refractivity contribution in [2.24, 2.45) is 5.41 Å². The maximum absolute atomic E-state index is 6.28. The van der Waals surface area contributed by atoms with E-state index in [9.17, 15) is 0 Å². The van der Waals surface area contributed by atoms with E-state index < -0.39 is 0 Å². The molecule has 2 aliphatic heterocycles. The Balaban J connectivity index is 1.56. The number of hydrogen-bond donors (Lipinski definition) is 0. The molecule has 2 heterocycles. The topological polar surface area (TPSA) is 34.3 Å². The van der Waals surface area contributed by atoms with E-state index in [0.717, 1.165) is 25.9 Å². The second kappa shape index (κ2) is 4.69. The lowest BCUT2D eigenvalue weighted by atomic mass is 9.71. The number of hydrogen-bond acceptors (Lipinski definition) is 3. The van der Waals surface area contributed by atoms with Gasteiger partial charge in [0.05, 0.1) is 24.4 Å². The quantitative estimate of drug-likeness (QED) is 0.697. The number of unbranched alkanes of at least 4 members (excludes halogenated alkanes) is 1. The minimum atomic E-state index is 0.00287. The molecule has 3 fully saturated rings. The van der Waals surface area contributed by atoms with E-state index in [-0.39, 0.29) is 17.3 Å². The van der Waals surface area contributed by atoms with Gasteiger partial charge < -0.3 is 14.2 Å². The fraction of sp³-hybridized carbons (Fsp3) is 1.00. The Bertz CT molecular complexity index is 378. The molecule has 3 nitrogen and oxygen atoms in total. The highest BCUT2D eigenvalue weighted by Crippen LogP contribution is 2.55. The van der Waals surface area contributed by atoms with Crippen molar-refractivity contribution >= 4 is 0 Å². The van der Waals surface area contributed by atoms with Crippen LogP contribution in [0, 0.1) is 5.41 Å². The fourth-order valence-electron chi connectivity index (χ4n) is 4.22. The van der Waals surface area contributed by atoms with Crippen LogP contribution in [-0.2, 0) is 14.2 Å². The van der Waals surface area contributed by atoms with Gasteiger partial charge in [-0.15, -0.1) is 0 Å². The standard InChI is InChI=1S/C17H30O3/c1-6-7-8-17(12(2)19-17)11-18-13-9-15(3,4)10-16(5)14(13)20-16/h12-14H,6-11H2,1-5H3. The predicted molar refractivity (Wildman–Crippen MR) is 78.8 cm³/mol. The normalized spacial score (nSPS) is 48.8. The summed E-state index contributed by atoms with van der Waals surface area (Å²) in [6.45, 7) is 12.0. The second-order valence-corrected chi connectivity index (χ2v) is 8.17. The fourth-order valence-corrected chi connectivity index (χ4v) is 4.22. The minimum Gasteiger partial charge on any atom is -0.372 e. The zero-order valence-corrected chi connectivity index (χ0v) is 13.7. The van der Waals surface area contributed by atoms with Crippen molar-refractivity contribution in [3.05, 3.63) is 0 Å². The Morgan fingerprint density at radius 1 is 1.20 bits per heavy atom. The van der Waals surface area contributed by atoms with Gasteiger partial charge in [0.1, 0.15) is 11.7 Å². The van der Waals surface area contributed by atoms with Crippen molar-refractivity contribution in [3.8, 4) is 0 Å². The van der Waals surface area contributed by atoms with Crippen LogP contribution in [-0.4, -0.2) is 36.1 Å². The lowest BCUT2D eigenvalue weighted by molar-refractivity contribution is -0.0289. The van der Waals surface area contributed by atoms with Gasteiger partial charge >= 0.3 is 0 Å². The van der Waals surface area contributed by atoms with E-state index in [1.54, 1.807) is 0 Å². The van der Waals surface area contributed by atoms with E-state index in [1.807, 2.05) is 0 Å². The highest BCUT2D eigenvalue weighted by molar-refractivity contribution is 5.11. The molecule has 1 aliphatic carbocycles. The van der Waals surface area contributed by atoms with Crippen molar-refractivity contribution in [1.29, 1.82) is 0 Å². The lowest BCUT2D eigenvalue weighted by Gasteiger charge is -2.35. The minimum absolute atomic E-state index is 0.00287. The van der Waals surface area contributed by atoms with Crippen LogP contribution in [0.1, 0.15) is 66.7 Å². The molecule has 0 N–H and O–H groups in total. The van der Waals surface area contributed by atoms with Crippen molar-refractivity contribution in [2.75, 3.05) is 6.61 Å². The average molecular weight is 282 g/mol. The van der Waals surface area contributed by atoms with Gasteiger partial charge in [-0.1, -0.05) is 33.6 Å². The molecule has 5 unspecified atom stereocenters. The first kappa shape index (κ1) is 14.8. The summed E-state index contributed by atoms with van der Waals surface area (Å²) >= 11 is 0. The first-order valence-corrected chi connectivity index (χ1v) is 8.28. The molecular formula is C17H30O3. The monoisotopic (exact) mass is 282 g/mol. The molecule has 2 saturated heterocycles. The first-order chi connectivity index (χ1) is 9.30. The summed E-state index contributed by atoms with van der Waals surface area (Å²) in [6, 6.07) is 0. The molecule has 3 rings (SSSR count). The maximum atomic E-state index is 6.28. The number of rotatable bonds is 6. The highest BCUT2D eigenvalue weighted by atomic mass is 16.7. The Labute approximate surface area is 123 Å². The van der Waals surface area contributed by atoms with Crippen molar-refractivity contribution in [1.82, 2.24) is 0 Å². The molecule has 0 aromatic rings. The maximum Gasteiger partial charge on any atom is 0.118 e. The van der Waals surface area contributed by atoms with Gasteiger partial charge in [-0.05, 0) is 38.5 Å². The van der Waals surface area contributed by atoms with E-state index in [2.05, 4.69) is 34.6 Å². The highest BCUT2D eigenvalue weighted by Gasteiger charge is 2.63. The van der Waals surface area contributed by atoms with Gasteiger partial charge in [0.25, 0.3) is 0 Å². The smallest absolute Gasteiger partial charge is 0.118 e. The molecule has 0 spiro atoms. The van der Waals surface area contributed by atoms with Gasteiger partial charge in [-0.3, -0.25) is 0 Å². The van der Waals surface area contributed by atoms with Crippen LogP contribution in [0.3, 0.4) is 0 Å². The second-order valence-electron chi connectivity index (χ2n) is 8.17. The lowest BCUT2D eigenvalue weighted by Crippen LogP contribution is -2.40.